The van der Waals surface area contributed by atoms with Crippen molar-refractivity contribution in [3.05, 3.63) is 76.4 Å². The molecule has 2 atom stereocenters. The molecule has 1 amide bonds. The summed E-state index contributed by atoms with van der Waals surface area (Å²) in [5.41, 5.74) is 2.59. The molecule has 2 aromatic carbocycles. The second kappa shape index (κ2) is 11.9. The molecule has 2 unspecified atom stereocenters. The third-order valence-corrected chi connectivity index (χ3v) is 9.78. The van der Waals surface area contributed by atoms with Crippen LogP contribution in [0.25, 0.3) is 16.6 Å². The number of rotatable bonds is 9. The van der Waals surface area contributed by atoms with Crippen LogP contribution in [0.3, 0.4) is 0 Å². The van der Waals surface area contributed by atoms with E-state index >= 15 is 0 Å². The first-order chi connectivity index (χ1) is 19.6. The third-order valence-electron chi connectivity index (χ3n) is 6.97. The van der Waals surface area contributed by atoms with Crippen LogP contribution >= 0.6 is 23.2 Å². The minimum atomic E-state index is -4.19. The van der Waals surface area contributed by atoms with Crippen molar-refractivity contribution in [1.29, 1.82) is 0 Å². The number of nitrogens with zero attached hydrogens (tertiary/aromatic N) is 4. The number of hydrogen-bond donors (Lipinski definition) is 1. The van der Waals surface area contributed by atoms with E-state index in [4.69, 9.17) is 37.7 Å². The van der Waals surface area contributed by atoms with Gasteiger partial charge >= 0.3 is 0 Å². The van der Waals surface area contributed by atoms with E-state index in [0.717, 1.165) is 21.1 Å². The van der Waals surface area contributed by atoms with Gasteiger partial charge in [0.2, 0.25) is 15.9 Å². The lowest BCUT2D eigenvalue weighted by molar-refractivity contribution is -0.123. The van der Waals surface area contributed by atoms with Gasteiger partial charge in [0.15, 0.2) is 0 Å². The van der Waals surface area contributed by atoms with Crippen LogP contribution in [0, 0.1) is 6.92 Å². The van der Waals surface area contributed by atoms with Gasteiger partial charge in [0.05, 0.1) is 23.1 Å². The molecule has 1 aliphatic heterocycles. The Bertz CT molecular complexity index is 1700. The van der Waals surface area contributed by atoms with E-state index in [-0.39, 0.29) is 34.5 Å². The molecule has 2 aromatic heterocycles. The predicted octanol–water partition coefficient (Wildman–Crippen LogP) is 4.53. The van der Waals surface area contributed by atoms with E-state index in [1.165, 1.54) is 19.2 Å². The van der Waals surface area contributed by atoms with Crippen LogP contribution in [0.1, 0.15) is 24.6 Å². The molecule has 3 heterocycles. The molecule has 0 radical (unpaired) electrons. The topological polar surface area (TPSA) is 116 Å². The van der Waals surface area contributed by atoms with E-state index in [2.05, 4.69) is 10.3 Å². The number of carbonyl (C=O) groups excluding carboxylic acids is 1. The minimum absolute atomic E-state index is 0.0271. The molecule has 0 spiro atoms. The number of fused-ring (bicyclic) bond motifs is 1. The van der Waals surface area contributed by atoms with Gasteiger partial charge in [-0.1, -0.05) is 35.3 Å². The number of aryl methyl sites for hydroxylation is 1. The smallest absolute Gasteiger partial charge is 0.245 e. The van der Waals surface area contributed by atoms with E-state index in [0.29, 0.717) is 23.4 Å². The lowest BCUT2D eigenvalue weighted by atomic mass is 10.1. The molecule has 10 nitrogen and oxygen atoms in total. The number of pyridine rings is 1. The average Bonchev–Trinajstić information content (AvgIpc) is 3.63. The zero-order valence-electron chi connectivity index (χ0n) is 22.7. The molecule has 1 saturated heterocycles. The van der Waals surface area contributed by atoms with Crippen LogP contribution in [-0.4, -0.2) is 65.5 Å². The van der Waals surface area contributed by atoms with Crippen LogP contribution in [0.5, 0.6) is 5.75 Å². The van der Waals surface area contributed by atoms with E-state index in [9.17, 15) is 13.2 Å². The SMILES string of the molecule is CCOC1CC(C(=O)NC)N(S(=O)(=O)c2ccc(Cl)c(COc3cccc4c(-n5ccnc5)cc(C)nc34)c2Cl)C1. The minimum Gasteiger partial charge on any atom is -0.487 e. The second-order valence-corrected chi connectivity index (χ2v) is 12.2. The highest BCUT2D eigenvalue weighted by Crippen LogP contribution is 2.37. The molecule has 216 valence electrons. The second-order valence-electron chi connectivity index (χ2n) is 9.55. The number of halogens is 2. The number of hydrogen-bond acceptors (Lipinski definition) is 7. The van der Waals surface area contributed by atoms with Gasteiger partial charge in [0.1, 0.15) is 28.8 Å². The number of sulfonamides is 1. The molecule has 1 aliphatic rings. The van der Waals surface area contributed by atoms with Crippen LogP contribution in [0.4, 0.5) is 0 Å². The van der Waals surface area contributed by atoms with Gasteiger partial charge in [0, 0.05) is 60.7 Å². The molecule has 5 rings (SSSR count). The van der Waals surface area contributed by atoms with Crippen molar-refractivity contribution in [1.82, 2.24) is 24.2 Å². The molecule has 0 aliphatic carbocycles. The summed E-state index contributed by atoms with van der Waals surface area (Å²) in [6.45, 7) is 4.02. The van der Waals surface area contributed by atoms with Crippen LogP contribution in [-0.2, 0) is 26.2 Å². The van der Waals surface area contributed by atoms with Gasteiger partial charge in [-0.15, -0.1) is 0 Å². The lowest BCUT2D eigenvalue weighted by Gasteiger charge is -2.24. The fourth-order valence-electron chi connectivity index (χ4n) is 5.04. The molecule has 13 heteroatoms. The zero-order chi connectivity index (χ0) is 29.3. The standard InChI is InChI=1S/C28H29Cl2N5O5S/c1-4-39-18-13-23(28(36)31-3)35(14-18)41(37,38)25-9-8-21(29)20(26(25)30)15-40-24-7-5-6-19-22(34-11-10-32-16-34)12-17(2)33-27(19)24/h5-12,16,18,23H,4,13-15H2,1-3H3,(H,31,36). The summed E-state index contributed by atoms with van der Waals surface area (Å²) in [5.74, 6) is 0.0602. The Kier molecular flexibility index (Phi) is 8.53. The third kappa shape index (κ3) is 5.64. The van der Waals surface area contributed by atoms with Crippen molar-refractivity contribution in [2.75, 3.05) is 20.2 Å². The fraction of sp³-hybridized carbons (Fsp3) is 0.321. The summed E-state index contributed by atoms with van der Waals surface area (Å²) in [4.78, 5) is 21.3. The van der Waals surface area contributed by atoms with Gasteiger partial charge in [-0.25, -0.2) is 18.4 Å². The maximum Gasteiger partial charge on any atom is 0.245 e. The number of para-hydroxylation sites is 1. The normalized spacial score (nSPS) is 17.7. The Morgan fingerprint density at radius 2 is 2.02 bits per heavy atom. The Labute approximate surface area is 248 Å². The van der Waals surface area contributed by atoms with Crippen molar-refractivity contribution in [3.63, 3.8) is 0 Å². The molecule has 1 fully saturated rings. The Morgan fingerprint density at radius 1 is 1.22 bits per heavy atom. The molecule has 0 bridgehead atoms. The van der Waals surface area contributed by atoms with Gasteiger partial charge in [0.25, 0.3) is 0 Å². The lowest BCUT2D eigenvalue weighted by Crippen LogP contribution is -2.44. The van der Waals surface area contributed by atoms with Crippen molar-refractivity contribution >= 4 is 50.0 Å². The van der Waals surface area contributed by atoms with Crippen molar-refractivity contribution < 1.29 is 22.7 Å². The molecule has 41 heavy (non-hydrogen) atoms. The molecule has 0 saturated carbocycles. The summed E-state index contributed by atoms with van der Waals surface area (Å²) < 4.78 is 42.5. The van der Waals surface area contributed by atoms with Gasteiger partial charge in [-0.05, 0) is 38.1 Å². The van der Waals surface area contributed by atoms with Crippen molar-refractivity contribution in [2.24, 2.45) is 0 Å². The first-order valence-electron chi connectivity index (χ1n) is 13.0. The number of likely N-dealkylation sites (N-methyl/N-ethyl adjacent to an activating group) is 1. The van der Waals surface area contributed by atoms with E-state index in [1.807, 2.05) is 42.8 Å². The highest BCUT2D eigenvalue weighted by atomic mass is 35.5. The Hall–Kier alpha value is -3.22. The summed E-state index contributed by atoms with van der Waals surface area (Å²) in [5, 5.41) is 3.56. The first-order valence-corrected chi connectivity index (χ1v) is 15.2. The zero-order valence-corrected chi connectivity index (χ0v) is 25.0. The first kappa shape index (κ1) is 29.3. The van der Waals surface area contributed by atoms with E-state index in [1.54, 1.807) is 18.6 Å². The fourth-order valence-corrected chi connectivity index (χ4v) is 7.53. The number of aromatic nitrogens is 3. The number of ether oxygens (including phenoxy) is 2. The Morgan fingerprint density at radius 3 is 2.73 bits per heavy atom. The number of amides is 1. The van der Waals surface area contributed by atoms with Crippen LogP contribution in [0.15, 0.2) is 60.0 Å². The summed E-state index contributed by atoms with van der Waals surface area (Å²) in [6.07, 6.45) is 5.07. The van der Waals surface area contributed by atoms with Gasteiger partial charge < -0.3 is 19.4 Å². The van der Waals surface area contributed by atoms with Gasteiger partial charge in [-0.2, -0.15) is 4.31 Å². The largest absolute Gasteiger partial charge is 0.487 e. The van der Waals surface area contributed by atoms with E-state index < -0.39 is 28.1 Å². The quantitative estimate of drug-likeness (QED) is 0.293. The summed E-state index contributed by atoms with van der Waals surface area (Å²) in [7, 11) is -2.73. The highest BCUT2D eigenvalue weighted by Gasteiger charge is 2.45. The number of benzene rings is 2. The predicted molar refractivity (Wildman–Crippen MR) is 156 cm³/mol. The molecular formula is C28H29Cl2N5O5S. The summed E-state index contributed by atoms with van der Waals surface area (Å²) in [6, 6.07) is 9.40. The Balaban J connectivity index is 1.48. The maximum absolute atomic E-state index is 13.8. The number of nitrogens with one attached hydrogen (secondary N) is 1. The molecule has 4 aromatic rings. The summed E-state index contributed by atoms with van der Waals surface area (Å²) >= 11 is 13.2. The highest BCUT2D eigenvalue weighted by molar-refractivity contribution is 7.89. The van der Waals surface area contributed by atoms with Crippen LogP contribution in [0.2, 0.25) is 10.0 Å². The number of carbonyl (C=O) groups is 1. The average molecular weight is 619 g/mol. The maximum atomic E-state index is 13.8. The molecule has 1 N–H and O–H groups in total. The van der Waals surface area contributed by atoms with Crippen LogP contribution < -0.4 is 10.1 Å². The van der Waals surface area contributed by atoms with Crippen molar-refractivity contribution in [3.8, 4) is 11.4 Å². The monoisotopic (exact) mass is 617 g/mol. The van der Waals surface area contributed by atoms with Crippen molar-refractivity contribution in [2.45, 2.75) is 43.9 Å². The molecular weight excluding hydrogens is 589 g/mol. The number of imidazole rings is 1. The van der Waals surface area contributed by atoms with Gasteiger partial charge in [-0.3, -0.25) is 4.79 Å².